The van der Waals surface area contributed by atoms with Crippen molar-refractivity contribution in [2.75, 3.05) is 13.2 Å². The van der Waals surface area contributed by atoms with Crippen molar-refractivity contribution in [1.29, 1.82) is 5.26 Å². The quantitative estimate of drug-likeness (QED) is 0.0682. The van der Waals surface area contributed by atoms with E-state index in [1.165, 1.54) is 18.2 Å². The number of rotatable bonds is 11. The van der Waals surface area contributed by atoms with E-state index in [4.69, 9.17) is 9.47 Å². The van der Waals surface area contributed by atoms with E-state index >= 15 is 0 Å². The predicted molar refractivity (Wildman–Crippen MR) is 157 cm³/mol. The number of para-hydroxylation sites is 1. The van der Waals surface area contributed by atoms with Crippen LogP contribution in [0, 0.1) is 28.4 Å². The molecule has 0 aliphatic rings. The number of allylic oxidation sites excluding steroid dienone is 1. The summed E-state index contributed by atoms with van der Waals surface area (Å²) >= 11 is 0.982. The van der Waals surface area contributed by atoms with Gasteiger partial charge in [-0.15, -0.1) is 11.3 Å². The molecule has 0 aliphatic carbocycles. The number of ether oxygens (including phenoxy) is 2. The van der Waals surface area contributed by atoms with Crippen LogP contribution in [-0.2, 0) is 27.2 Å². The van der Waals surface area contributed by atoms with Gasteiger partial charge in [0.1, 0.15) is 10.9 Å². The normalized spacial score (nSPS) is 11.2. The van der Waals surface area contributed by atoms with Crippen LogP contribution in [-0.4, -0.2) is 40.4 Å². The molecule has 0 atom stereocenters. The molecule has 0 aliphatic heterocycles. The number of fused-ring (bicyclic) bond motifs is 1. The van der Waals surface area contributed by atoms with Crippen LogP contribution in [0.2, 0.25) is 0 Å². The molecule has 214 valence electrons. The third-order valence-electron chi connectivity index (χ3n) is 6.52. The Morgan fingerprint density at radius 1 is 1.05 bits per heavy atom. The van der Waals surface area contributed by atoms with Crippen LogP contribution in [0.1, 0.15) is 55.4 Å². The number of aromatic nitrogens is 1. The summed E-state index contributed by atoms with van der Waals surface area (Å²) in [6.45, 7) is 5.61. The van der Waals surface area contributed by atoms with E-state index in [9.17, 15) is 29.8 Å². The molecular weight excluding hydrogens is 558 g/mol. The van der Waals surface area contributed by atoms with Crippen LogP contribution in [0.25, 0.3) is 17.0 Å². The number of hydrogen-bond acceptors (Lipinski definition) is 9. The Labute approximate surface area is 245 Å². The minimum Gasteiger partial charge on any atom is -0.462 e. The fourth-order valence-corrected chi connectivity index (χ4v) is 5.76. The number of nitro groups is 1. The van der Waals surface area contributed by atoms with Gasteiger partial charge in [0.05, 0.1) is 29.3 Å². The number of thiophene rings is 1. The Morgan fingerprint density at radius 2 is 1.71 bits per heavy atom. The highest BCUT2D eigenvalue weighted by molar-refractivity contribution is 7.14. The zero-order valence-corrected chi connectivity index (χ0v) is 24.0. The lowest BCUT2D eigenvalue weighted by Crippen LogP contribution is -2.12. The molecule has 0 unspecified atom stereocenters. The summed E-state index contributed by atoms with van der Waals surface area (Å²) in [5, 5.41) is 21.7. The van der Waals surface area contributed by atoms with Gasteiger partial charge in [0.25, 0.3) is 5.69 Å². The Bertz CT molecular complexity index is 1760. The van der Waals surface area contributed by atoms with Crippen molar-refractivity contribution in [1.82, 2.24) is 4.57 Å². The number of carbonyl (C=O) groups excluding carboxylic acids is 3. The van der Waals surface area contributed by atoms with Crippen molar-refractivity contribution in [3.05, 3.63) is 102 Å². The lowest BCUT2D eigenvalue weighted by Gasteiger charge is -2.05. The first kappa shape index (κ1) is 29.9. The minimum atomic E-state index is -0.651. The molecule has 0 saturated heterocycles. The van der Waals surface area contributed by atoms with Gasteiger partial charge in [-0.3, -0.25) is 14.9 Å². The van der Waals surface area contributed by atoms with Crippen LogP contribution in [0.15, 0.2) is 60.3 Å². The molecule has 0 N–H and O–H groups in total. The molecule has 0 saturated carbocycles. The molecule has 10 nitrogen and oxygen atoms in total. The summed E-state index contributed by atoms with van der Waals surface area (Å²) in [5.74, 6) is -1.77. The van der Waals surface area contributed by atoms with Gasteiger partial charge in [-0.05, 0) is 44.0 Å². The van der Waals surface area contributed by atoms with Crippen molar-refractivity contribution in [2.24, 2.45) is 0 Å². The van der Waals surface area contributed by atoms with E-state index < -0.39 is 22.6 Å². The number of benzene rings is 2. The SMILES string of the molecule is CCOC(=O)c1sc(CC(=O)/C(C#N)=C/c2cn(Cc3ccc([N+](=O)[O-])cc3)c3ccccc23)c(C(=O)OCC)c1C. The number of ketones is 1. The third-order valence-corrected chi connectivity index (χ3v) is 7.79. The number of nitriles is 1. The van der Waals surface area contributed by atoms with Gasteiger partial charge in [0.15, 0.2) is 5.78 Å². The van der Waals surface area contributed by atoms with Gasteiger partial charge in [0.2, 0.25) is 0 Å². The molecule has 2 aromatic carbocycles. The summed E-state index contributed by atoms with van der Waals surface area (Å²) in [4.78, 5) is 49.7. The number of esters is 2. The highest BCUT2D eigenvalue weighted by atomic mass is 32.1. The standard InChI is InChI=1S/C31H27N3O7S/c1-4-40-30(36)28-19(3)29(31(37)41-5-2)42-27(28)15-26(35)21(16-32)14-22-18-33(25-9-7-6-8-24(22)25)17-20-10-12-23(13-11-20)34(38)39/h6-14,18H,4-5,15,17H2,1-3H3/b21-14+. The predicted octanol–water partition coefficient (Wildman–Crippen LogP) is 6.04. The van der Waals surface area contributed by atoms with Gasteiger partial charge < -0.3 is 14.0 Å². The number of carbonyl (C=O) groups is 3. The molecule has 4 aromatic rings. The summed E-state index contributed by atoms with van der Waals surface area (Å²) in [5.41, 5.74) is 2.71. The Morgan fingerprint density at radius 3 is 2.36 bits per heavy atom. The molecular formula is C31H27N3O7S. The van der Waals surface area contributed by atoms with E-state index in [1.807, 2.05) is 41.1 Å². The maximum Gasteiger partial charge on any atom is 0.348 e. The number of non-ortho nitro benzene ring substituents is 1. The van der Waals surface area contributed by atoms with E-state index in [-0.39, 0.29) is 41.3 Å². The van der Waals surface area contributed by atoms with Crippen LogP contribution in [0.4, 0.5) is 5.69 Å². The first-order chi connectivity index (χ1) is 20.2. The monoisotopic (exact) mass is 585 g/mol. The van der Waals surface area contributed by atoms with Crippen molar-refractivity contribution < 1.29 is 28.8 Å². The summed E-state index contributed by atoms with van der Waals surface area (Å²) in [6, 6.07) is 15.7. The second-order valence-electron chi connectivity index (χ2n) is 9.22. The number of nitro benzene ring substituents is 1. The third kappa shape index (κ3) is 6.29. The maximum absolute atomic E-state index is 13.4. The van der Waals surface area contributed by atoms with E-state index in [2.05, 4.69) is 0 Å². The lowest BCUT2D eigenvalue weighted by molar-refractivity contribution is -0.384. The molecule has 0 spiro atoms. The summed E-state index contributed by atoms with van der Waals surface area (Å²) < 4.78 is 12.2. The fraction of sp³-hybridized carbons (Fsp3) is 0.226. The first-order valence-corrected chi connectivity index (χ1v) is 13.9. The highest BCUT2D eigenvalue weighted by Crippen LogP contribution is 2.32. The van der Waals surface area contributed by atoms with Crippen LogP contribution < -0.4 is 0 Å². The van der Waals surface area contributed by atoms with Crippen LogP contribution in [0.5, 0.6) is 0 Å². The topological polar surface area (TPSA) is 142 Å². The van der Waals surface area contributed by atoms with Gasteiger partial charge in [-0.2, -0.15) is 5.26 Å². The molecule has 0 bridgehead atoms. The maximum atomic E-state index is 13.4. The second kappa shape index (κ2) is 13.1. The second-order valence-corrected chi connectivity index (χ2v) is 10.3. The number of hydrogen-bond donors (Lipinski definition) is 0. The minimum absolute atomic E-state index is 0.00154. The van der Waals surface area contributed by atoms with Crippen LogP contribution >= 0.6 is 11.3 Å². The van der Waals surface area contributed by atoms with Gasteiger partial charge in [-0.25, -0.2) is 9.59 Å². The molecule has 11 heteroatoms. The molecule has 0 amide bonds. The molecule has 4 rings (SSSR count). The summed E-state index contributed by atoms with van der Waals surface area (Å²) in [6.07, 6.45) is 3.04. The smallest absolute Gasteiger partial charge is 0.348 e. The molecule has 0 radical (unpaired) electrons. The van der Waals surface area contributed by atoms with Crippen molar-refractivity contribution in [3.8, 4) is 6.07 Å². The summed E-state index contributed by atoms with van der Waals surface area (Å²) in [7, 11) is 0. The molecule has 2 aromatic heterocycles. The largest absolute Gasteiger partial charge is 0.462 e. The Kier molecular flexibility index (Phi) is 9.29. The number of nitrogens with zero attached hydrogens (tertiary/aromatic N) is 3. The van der Waals surface area contributed by atoms with Gasteiger partial charge >= 0.3 is 11.9 Å². The Hall–Kier alpha value is -5.08. The highest BCUT2D eigenvalue weighted by Gasteiger charge is 2.28. The van der Waals surface area contributed by atoms with Crippen molar-refractivity contribution >= 4 is 51.7 Å². The zero-order valence-electron chi connectivity index (χ0n) is 23.2. The van der Waals surface area contributed by atoms with E-state index in [0.29, 0.717) is 22.5 Å². The average Bonchev–Trinajstić information content (AvgIpc) is 3.48. The Balaban J connectivity index is 1.68. The lowest BCUT2D eigenvalue weighted by atomic mass is 10.0. The average molecular weight is 586 g/mol. The number of Topliss-reactive ketones (excluding diaryl/α,β-unsaturated/α-hetero) is 1. The van der Waals surface area contributed by atoms with Gasteiger partial charge in [0, 0.05) is 52.6 Å². The van der Waals surface area contributed by atoms with Gasteiger partial charge in [-0.1, -0.05) is 30.3 Å². The molecule has 2 heterocycles. The van der Waals surface area contributed by atoms with E-state index in [0.717, 1.165) is 27.8 Å². The van der Waals surface area contributed by atoms with Crippen molar-refractivity contribution in [2.45, 2.75) is 33.7 Å². The molecule has 0 fully saturated rings. The molecule has 42 heavy (non-hydrogen) atoms. The first-order valence-electron chi connectivity index (χ1n) is 13.1. The van der Waals surface area contributed by atoms with Crippen molar-refractivity contribution in [3.63, 3.8) is 0 Å². The zero-order chi connectivity index (χ0) is 30.4. The van der Waals surface area contributed by atoms with E-state index in [1.54, 1.807) is 32.9 Å². The fourth-order valence-electron chi connectivity index (χ4n) is 4.57. The van der Waals surface area contributed by atoms with Crippen LogP contribution in [0.3, 0.4) is 0 Å².